The zero-order chi connectivity index (χ0) is 35.3. The van der Waals surface area contributed by atoms with Crippen LogP contribution in [0.15, 0.2) is 128 Å². The lowest BCUT2D eigenvalue weighted by Gasteiger charge is -2.49. The minimum Gasteiger partial charge on any atom is -0.448 e. The Morgan fingerprint density at radius 1 is 1.04 bits per heavy atom. The normalized spacial score (nSPS) is 17.2. The number of esters is 1. The van der Waals surface area contributed by atoms with Gasteiger partial charge in [-0.15, -0.1) is 34.4 Å². The van der Waals surface area contributed by atoms with Crippen molar-refractivity contribution in [3.63, 3.8) is 0 Å². The SMILES string of the molecule is CO/N=C(\C(=O)NC1C(=O)N2C(C(=O)OC(c3ccccc3)c3ccccc3)=C(Cc3cnc(Sc4ccccc4)s3)CSC12)c1csc(N)n1. The van der Waals surface area contributed by atoms with E-state index < -0.39 is 35.3 Å². The lowest BCUT2D eigenvalue weighted by atomic mass is 9.99. The number of oxime groups is 1. The van der Waals surface area contributed by atoms with Gasteiger partial charge < -0.3 is 20.6 Å². The molecule has 2 aliphatic rings. The molecule has 0 spiro atoms. The number of rotatable bonds is 12. The van der Waals surface area contributed by atoms with Crippen LogP contribution in [0.5, 0.6) is 0 Å². The van der Waals surface area contributed by atoms with Crippen molar-refractivity contribution in [2.45, 2.75) is 33.2 Å². The third-order valence-electron chi connectivity index (χ3n) is 7.99. The number of nitrogens with two attached hydrogens (primary N) is 1. The summed E-state index contributed by atoms with van der Waals surface area (Å²) in [5.74, 6) is -1.30. The monoisotopic (exact) mass is 754 g/mol. The number of thiazole rings is 2. The van der Waals surface area contributed by atoms with Crippen LogP contribution >= 0.6 is 46.2 Å². The molecule has 2 unspecified atom stereocenters. The zero-order valence-electron chi connectivity index (χ0n) is 27.0. The summed E-state index contributed by atoms with van der Waals surface area (Å²) in [6, 6.07) is 28.0. The van der Waals surface area contributed by atoms with Gasteiger partial charge in [0.25, 0.3) is 11.8 Å². The van der Waals surface area contributed by atoms with E-state index in [1.54, 1.807) is 17.1 Å². The Morgan fingerprint density at radius 2 is 1.71 bits per heavy atom. The Hall–Kier alpha value is -4.96. The molecule has 0 saturated carbocycles. The molecule has 15 heteroatoms. The van der Waals surface area contributed by atoms with Gasteiger partial charge in [0.2, 0.25) is 0 Å². The number of nitrogen functional groups attached to an aromatic ring is 1. The Bertz CT molecular complexity index is 2070. The fourth-order valence-corrected chi connectivity index (χ4v) is 9.63. The van der Waals surface area contributed by atoms with Crippen LogP contribution in [0, 0.1) is 0 Å². The van der Waals surface area contributed by atoms with E-state index in [2.05, 4.69) is 20.4 Å². The molecule has 2 atom stereocenters. The molecule has 5 aromatic rings. The molecule has 1 saturated heterocycles. The largest absolute Gasteiger partial charge is 0.448 e. The van der Waals surface area contributed by atoms with Gasteiger partial charge in [-0.25, -0.2) is 14.8 Å². The molecule has 0 aliphatic carbocycles. The molecule has 0 radical (unpaired) electrons. The van der Waals surface area contributed by atoms with Crippen molar-refractivity contribution in [1.29, 1.82) is 0 Å². The molecule has 258 valence electrons. The van der Waals surface area contributed by atoms with E-state index in [0.29, 0.717) is 12.2 Å². The standard InChI is InChI=1S/C36H30N6O5S4/c1-46-41-27(26-20-49-35(37)39-26)31(43)40-28-32(44)42-29(34(45)47-30(21-11-5-2-6-12-21)22-13-7-3-8-14-22)23(19-48-33(28)42)17-25-18-38-36(51-25)50-24-15-9-4-10-16-24/h2-16,18,20,28,30,33H,17,19H2,1H3,(H2,37,39)(H,40,43)/b41-27-. The maximum atomic E-state index is 14.4. The number of carbonyl (C=O) groups excluding carboxylic acids is 3. The Kier molecular flexibility index (Phi) is 10.5. The van der Waals surface area contributed by atoms with Crippen LogP contribution in [0.4, 0.5) is 5.13 Å². The number of nitrogens with one attached hydrogen (secondary N) is 1. The summed E-state index contributed by atoms with van der Waals surface area (Å²) in [6.45, 7) is 0. The van der Waals surface area contributed by atoms with E-state index in [1.165, 1.54) is 35.1 Å². The fraction of sp³-hybridized carbons (Fsp3) is 0.167. The van der Waals surface area contributed by atoms with Crippen molar-refractivity contribution in [1.82, 2.24) is 20.2 Å². The lowest BCUT2D eigenvalue weighted by molar-refractivity contribution is -0.154. The number of amides is 2. The molecule has 1 fully saturated rings. The second kappa shape index (κ2) is 15.5. The van der Waals surface area contributed by atoms with Crippen molar-refractivity contribution in [2.75, 3.05) is 18.6 Å². The molecule has 51 heavy (non-hydrogen) atoms. The molecular weight excluding hydrogens is 725 g/mol. The van der Waals surface area contributed by atoms with Gasteiger partial charge in [-0.3, -0.25) is 14.5 Å². The van der Waals surface area contributed by atoms with Crippen LogP contribution in [-0.4, -0.2) is 62.6 Å². The predicted octanol–water partition coefficient (Wildman–Crippen LogP) is 5.91. The maximum Gasteiger partial charge on any atom is 0.356 e. The lowest BCUT2D eigenvalue weighted by Crippen LogP contribution is -2.71. The topological polar surface area (TPSA) is 149 Å². The van der Waals surface area contributed by atoms with Crippen molar-refractivity contribution >= 4 is 74.8 Å². The minimum absolute atomic E-state index is 0.115. The highest BCUT2D eigenvalue weighted by atomic mass is 32.2. The molecule has 4 heterocycles. The number of nitrogens with zero attached hydrogens (tertiary/aromatic N) is 4. The number of fused-ring (bicyclic) bond motifs is 1. The summed E-state index contributed by atoms with van der Waals surface area (Å²) < 4.78 is 7.17. The van der Waals surface area contributed by atoms with Gasteiger partial charge in [0.15, 0.2) is 21.3 Å². The van der Waals surface area contributed by atoms with Crippen LogP contribution < -0.4 is 11.1 Å². The van der Waals surface area contributed by atoms with E-state index in [9.17, 15) is 14.4 Å². The van der Waals surface area contributed by atoms with Gasteiger partial charge in [0.1, 0.15) is 29.9 Å². The number of hydrogen-bond donors (Lipinski definition) is 2. The minimum atomic E-state index is -0.929. The highest BCUT2D eigenvalue weighted by Crippen LogP contribution is 2.43. The Morgan fingerprint density at radius 3 is 2.33 bits per heavy atom. The number of hydrogen-bond acceptors (Lipinski definition) is 13. The van der Waals surface area contributed by atoms with E-state index >= 15 is 0 Å². The van der Waals surface area contributed by atoms with Gasteiger partial charge in [-0.2, -0.15) is 0 Å². The number of thioether (sulfide) groups is 1. The first-order valence-corrected chi connectivity index (χ1v) is 19.2. The number of anilines is 1. The highest BCUT2D eigenvalue weighted by Gasteiger charge is 2.55. The molecule has 11 nitrogen and oxygen atoms in total. The molecule has 2 aliphatic heterocycles. The van der Waals surface area contributed by atoms with Crippen LogP contribution in [0.3, 0.4) is 0 Å². The average molecular weight is 755 g/mol. The molecule has 0 bridgehead atoms. The highest BCUT2D eigenvalue weighted by molar-refractivity contribution is 8.01. The van der Waals surface area contributed by atoms with Gasteiger partial charge in [0.05, 0.1) is 0 Å². The van der Waals surface area contributed by atoms with Crippen molar-refractivity contribution < 1.29 is 24.0 Å². The third kappa shape index (κ3) is 7.56. The molecule has 3 N–H and O–H groups in total. The first-order valence-electron chi connectivity index (χ1n) is 15.7. The third-order valence-corrected chi connectivity index (χ3v) is 12.1. The average Bonchev–Trinajstić information content (AvgIpc) is 3.80. The molecule has 2 aromatic heterocycles. The van der Waals surface area contributed by atoms with E-state index in [0.717, 1.165) is 42.1 Å². The van der Waals surface area contributed by atoms with Crippen LogP contribution in [0.2, 0.25) is 0 Å². The van der Waals surface area contributed by atoms with Crippen molar-refractivity contribution in [2.24, 2.45) is 5.16 Å². The number of carbonyl (C=O) groups is 3. The molecular formula is C36H30N6O5S4. The fourth-order valence-electron chi connectivity index (χ4n) is 5.67. The second-order valence-electron chi connectivity index (χ2n) is 11.3. The number of benzene rings is 3. The zero-order valence-corrected chi connectivity index (χ0v) is 30.3. The summed E-state index contributed by atoms with van der Waals surface area (Å²) >= 11 is 5.71. The first-order chi connectivity index (χ1) is 24.9. The van der Waals surface area contributed by atoms with Gasteiger partial charge in [-0.1, -0.05) is 95.8 Å². The van der Waals surface area contributed by atoms with E-state index in [4.69, 9.17) is 15.3 Å². The van der Waals surface area contributed by atoms with E-state index in [-0.39, 0.29) is 22.2 Å². The number of ether oxygens (including phenoxy) is 1. The van der Waals surface area contributed by atoms with Gasteiger partial charge in [0, 0.05) is 33.5 Å². The molecule has 7 rings (SSSR count). The number of aromatic nitrogens is 2. The summed E-state index contributed by atoms with van der Waals surface area (Å²) in [4.78, 5) is 58.8. The Balaban J connectivity index is 1.18. The maximum absolute atomic E-state index is 14.4. The van der Waals surface area contributed by atoms with Crippen LogP contribution in [0.25, 0.3) is 0 Å². The first kappa shape index (κ1) is 34.5. The summed E-state index contributed by atoms with van der Waals surface area (Å²) in [5.41, 5.74) is 8.38. The quantitative estimate of drug-likeness (QED) is 0.0682. The summed E-state index contributed by atoms with van der Waals surface area (Å²) in [5, 5.41) is 7.90. The number of β-lactam (4-membered cyclic amide) rings is 1. The Labute approximate surface area is 310 Å². The second-order valence-corrected chi connectivity index (χ2v) is 15.7. The van der Waals surface area contributed by atoms with Crippen molar-refractivity contribution in [3.05, 3.63) is 136 Å². The smallest absolute Gasteiger partial charge is 0.356 e. The van der Waals surface area contributed by atoms with Gasteiger partial charge >= 0.3 is 5.97 Å². The predicted molar refractivity (Wildman–Crippen MR) is 199 cm³/mol. The summed E-state index contributed by atoms with van der Waals surface area (Å²) in [7, 11) is 1.31. The van der Waals surface area contributed by atoms with Crippen LogP contribution in [0.1, 0.15) is 27.8 Å². The van der Waals surface area contributed by atoms with Crippen LogP contribution in [-0.2, 0) is 30.4 Å². The molecule has 2 amide bonds. The van der Waals surface area contributed by atoms with E-state index in [1.807, 2.05) is 97.2 Å². The van der Waals surface area contributed by atoms with Crippen molar-refractivity contribution in [3.8, 4) is 0 Å². The molecule has 3 aromatic carbocycles. The van der Waals surface area contributed by atoms with Gasteiger partial charge in [-0.05, 0) is 28.8 Å². The summed E-state index contributed by atoms with van der Waals surface area (Å²) in [6.07, 6.45) is 1.49.